The molecule has 2 aliphatic rings. The van der Waals surface area contributed by atoms with Crippen molar-refractivity contribution in [2.45, 2.75) is 18.4 Å². The highest BCUT2D eigenvalue weighted by Gasteiger charge is 2.41. The van der Waals surface area contributed by atoms with Crippen molar-refractivity contribution < 1.29 is 0 Å². The highest BCUT2D eigenvalue weighted by Crippen LogP contribution is 2.48. The van der Waals surface area contributed by atoms with Gasteiger partial charge in [0, 0.05) is 38.8 Å². The van der Waals surface area contributed by atoms with E-state index in [4.69, 9.17) is 0 Å². The fraction of sp³-hybridized carbons (Fsp3) is 0.333. The second-order valence-electron chi connectivity index (χ2n) is 6.27. The van der Waals surface area contributed by atoms with E-state index < -0.39 is 0 Å². The zero-order valence-electron chi connectivity index (χ0n) is 12.5. The minimum atomic E-state index is 0.571. The van der Waals surface area contributed by atoms with Crippen molar-refractivity contribution in [3.63, 3.8) is 0 Å². The molecule has 1 fully saturated rings. The van der Waals surface area contributed by atoms with Crippen molar-refractivity contribution in [3.8, 4) is 0 Å². The average molecular weight is 422 g/mol. The lowest BCUT2D eigenvalue weighted by atomic mass is 9.89. The molecule has 2 atom stereocenters. The summed E-state index contributed by atoms with van der Waals surface area (Å²) in [5.41, 5.74) is 4.15. The molecule has 4 heteroatoms. The summed E-state index contributed by atoms with van der Waals surface area (Å²) >= 11 is 7.18. The molecule has 114 valence electrons. The van der Waals surface area contributed by atoms with Gasteiger partial charge in [-0.3, -0.25) is 0 Å². The number of piperidine rings is 1. The molecule has 0 aromatic heterocycles. The third-order valence-electron chi connectivity index (χ3n) is 4.86. The predicted molar refractivity (Wildman–Crippen MR) is 99.1 cm³/mol. The second kappa shape index (κ2) is 5.66. The number of anilines is 2. The lowest BCUT2D eigenvalue weighted by Crippen LogP contribution is -2.43. The lowest BCUT2D eigenvalue weighted by molar-refractivity contribution is 0.236. The number of nitrogens with zero attached hydrogens (tertiary/aromatic N) is 2. The quantitative estimate of drug-likeness (QED) is 0.628. The van der Waals surface area contributed by atoms with Crippen molar-refractivity contribution in [1.29, 1.82) is 0 Å². The van der Waals surface area contributed by atoms with E-state index in [-0.39, 0.29) is 0 Å². The molecule has 2 nitrogen and oxygen atoms in total. The molecule has 2 aromatic rings. The Bertz CT molecular complexity index is 699. The summed E-state index contributed by atoms with van der Waals surface area (Å²) in [6.45, 7) is 2.31. The van der Waals surface area contributed by atoms with Crippen molar-refractivity contribution in [3.05, 3.63) is 57.0 Å². The van der Waals surface area contributed by atoms with Gasteiger partial charge in [-0.15, -0.1) is 0 Å². The first-order valence-corrected chi connectivity index (χ1v) is 9.25. The van der Waals surface area contributed by atoms with Crippen LogP contribution in [-0.4, -0.2) is 31.1 Å². The van der Waals surface area contributed by atoms with Gasteiger partial charge < -0.3 is 9.80 Å². The molecule has 22 heavy (non-hydrogen) atoms. The summed E-state index contributed by atoms with van der Waals surface area (Å²) < 4.78 is 2.31. The zero-order valence-corrected chi connectivity index (χ0v) is 15.6. The highest BCUT2D eigenvalue weighted by molar-refractivity contribution is 9.10. The number of benzene rings is 2. The number of halogens is 2. The fourth-order valence-corrected chi connectivity index (χ4v) is 4.51. The maximum Gasteiger partial charge on any atom is 0.0451 e. The Morgan fingerprint density at radius 2 is 1.73 bits per heavy atom. The van der Waals surface area contributed by atoms with Crippen molar-refractivity contribution in [2.24, 2.45) is 0 Å². The Balaban J connectivity index is 1.83. The van der Waals surface area contributed by atoms with Crippen molar-refractivity contribution >= 4 is 43.2 Å². The van der Waals surface area contributed by atoms with Crippen LogP contribution >= 0.6 is 31.9 Å². The van der Waals surface area contributed by atoms with Crippen LogP contribution in [0.1, 0.15) is 17.9 Å². The van der Waals surface area contributed by atoms with Gasteiger partial charge in [-0.1, -0.05) is 31.9 Å². The Labute approximate surface area is 148 Å². The maximum atomic E-state index is 3.64. The summed E-state index contributed by atoms with van der Waals surface area (Å²) in [5, 5.41) is 0. The first-order chi connectivity index (χ1) is 10.6. The van der Waals surface area contributed by atoms with Gasteiger partial charge in [0.15, 0.2) is 0 Å². The molecule has 0 radical (unpaired) electrons. The summed E-state index contributed by atoms with van der Waals surface area (Å²) in [5.74, 6) is 0.592. The molecule has 0 saturated carbocycles. The average Bonchev–Trinajstić information content (AvgIpc) is 2.81. The molecule has 0 unspecified atom stereocenters. The predicted octanol–water partition coefficient (Wildman–Crippen LogP) is 5.15. The van der Waals surface area contributed by atoms with E-state index in [0.717, 1.165) is 11.0 Å². The molecular weight excluding hydrogens is 404 g/mol. The molecule has 0 spiro atoms. The number of hydrogen-bond donors (Lipinski definition) is 0. The zero-order chi connectivity index (χ0) is 15.3. The van der Waals surface area contributed by atoms with E-state index in [1.54, 1.807) is 0 Å². The number of rotatable bonds is 1. The van der Waals surface area contributed by atoms with Crippen LogP contribution in [0.25, 0.3) is 0 Å². The molecule has 0 N–H and O–H groups in total. The molecule has 1 saturated heterocycles. The van der Waals surface area contributed by atoms with Crippen LogP contribution in [0.4, 0.5) is 11.4 Å². The molecule has 2 aliphatic heterocycles. The molecular formula is C18H18Br2N2. The Kier molecular flexibility index (Phi) is 3.79. The first kappa shape index (κ1) is 14.7. The van der Waals surface area contributed by atoms with E-state index in [1.165, 1.54) is 34.4 Å². The van der Waals surface area contributed by atoms with Gasteiger partial charge in [0.25, 0.3) is 0 Å². The normalized spacial score (nSPS) is 24.2. The van der Waals surface area contributed by atoms with Crippen LogP contribution in [-0.2, 0) is 0 Å². The monoisotopic (exact) mass is 420 g/mol. The van der Waals surface area contributed by atoms with Crippen LogP contribution in [0.15, 0.2) is 51.4 Å². The van der Waals surface area contributed by atoms with E-state index in [1.807, 2.05) is 0 Å². The summed E-state index contributed by atoms with van der Waals surface area (Å²) in [6.07, 6.45) is 1.21. The van der Waals surface area contributed by atoms with Gasteiger partial charge in [0.2, 0.25) is 0 Å². The molecule has 0 aliphatic carbocycles. The van der Waals surface area contributed by atoms with Gasteiger partial charge >= 0.3 is 0 Å². The standard InChI is InChI=1S/C18H18Br2N2/c1-21-9-8-18-16(11-21)15-10-13(20)4-7-17(15)22(18)14-5-2-12(19)3-6-14/h2-7,10,16,18H,8-9,11H2,1H3/t16-,18+/m1/s1. The SMILES string of the molecule is CN1CC[C@H]2[C@H](C1)c1cc(Br)ccc1N2c1ccc(Br)cc1. The molecule has 2 heterocycles. The number of hydrogen-bond acceptors (Lipinski definition) is 2. The smallest absolute Gasteiger partial charge is 0.0451 e. The Morgan fingerprint density at radius 1 is 1.00 bits per heavy atom. The minimum Gasteiger partial charge on any atom is -0.337 e. The summed E-state index contributed by atoms with van der Waals surface area (Å²) in [4.78, 5) is 5.00. The summed E-state index contributed by atoms with van der Waals surface area (Å²) in [7, 11) is 2.23. The topological polar surface area (TPSA) is 6.48 Å². The van der Waals surface area contributed by atoms with Crippen molar-refractivity contribution in [1.82, 2.24) is 4.90 Å². The highest BCUT2D eigenvalue weighted by atomic mass is 79.9. The third-order valence-corrected chi connectivity index (χ3v) is 5.89. The first-order valence-electron chi connectivity index (χ1n) is 7.66. The van der Waals surface area contributed by atoms with Gasteiger partial charge in [-0.25, -0.2) is 0 Å². The van der Waals surface area contributed by atoms with Crippen molar-refractivity contribution in [2.75, 3.05) is 25.0 Å². The molecule has 2 aromatic carbocycles. The number of likely N-dealkylation sites (tertiary alicyclic amines) is 1. The Morgan fingerprint density at radius 3 is 2.50 bits per heavy atom. The van der Waals surface area contributed by atoms with E-state index in [9.17, 15) is 0 Å². The van der Waals surface area contributed by atoms with Gasteiger partial charge in [-0.2, -0.15) is 0 Å². The van der Waals surface area contributed by atoms with E-state index in [0.29, 0.717) is 12.0 Å². The van der Waals surface area contributed by atoms with Gasteiger partial charge in [0.1, 0.15) is 0 Å². The van der Waals surface area contributed by atoms with Crippen LogP contribution in [0, 0.1) is 0 Å². The Hall–Kier alpha value is -0.840. The molecule has 0 bridgehead atoms. The minimum absolute atomic E-state index is 0.571. The lowest BCUT2D eigenvalue weighted by Gasteiger charge is -2.37. The largest absolute Gasteiger partial charge is 0.337 e. The van der Waals surface area contributed by atoms with E-state index in [2.05, 4.69) is 91.2 Å². The van der Waals surface area contributed by atoms with Crippen LogP contribution in [0.2, 0.25) is 0 Å². The second-order valence-corrected chi connectivity index (χ2v) is 8.11. The van der Waals surface area contributed by atoms with Gasteiger partial charge in [-0.05, 0) is 68.0 Å². The third kappa shape index (κ3) is 2.41. The van der Waals surface area contributed by atoms with Crippen LogP contribution in [0.5, 0.6) is 0 Å². The van der Waals surface area contributed by atoms with E-state index >= 15 is 0 Å². The number of fused-ring (bicyclic) bond motifs is 3. The van der Waals surface area contributed by atoms with Crippen LogP contribution in [0.3, 0.4) is 0 Å². The van der Waals surface area contributed by atoms with Crippen LogP contribution < -0.4 is 4.90 Å². The molecule has 0 amide bonds. The molecule has 4 rings (SSSR count). The number of likely N-dealkylation sites (N-methyl/N-ethyl adjacent to an activating group) is 1. The van der Waals surface area contributed by atoms with Gasteiger partial charge in [0.05, 0.1) is 0 Å². The fourth-order valence-electron chi connectivity index (χ4n) is 3.87. The summed E-state index contributed by atoms with van der Waals surface area (Å²) in [6, 6.07) is 16.0. The maximum absolute atomic E-state index is 3.64.